The number of methoxy groups -OCH3 is 2. The largest absolute Gasteiger partial charge is 0.496 e. The predicted octanol–water partition coefficient (Wildman–Crippen LogP) is 1.14. The quantitative estimate of drug-likeness (QED) is 0.598. The van der Waals surface area contributed by atoms with Gasteiger partial charge in [-0.15, -0.1) is 0 Å². The Morgan fingerprint density at radius 1 is 1.19 bits per heavy atom. The van der Waals surface area contributed by atoms with Crippen molar-refractivity contribution < 1.29 is 24.2 Å². The van der Waals surface area contributed by atoms with E-state index in [9.17, 15) is 9.59 Å². The molecule has 5 heteroatoms. The van der Waals surface area contributed by atoms with Crippen molar-refractivity contribution in [3.8, 4) is 5.75 Å². The second kappa shape index (κ2) is 5.27. The highest BCUT2D eigenvalue weighted by atomic mass is 16.5. The van der Waals surface area contributed by atoms with Gasteiger partial charge in [0.05, 0.1) is 12.7 Å². The van der Waals surface area contributed by atoms with Gasteiger partial charge in [-0.25, -0.2) is 4.79 Å². The maximum Gasteiger partial charge on any atom is 0.348 e. The minimum Gasteiger partial charge on any atom is -0.496 e. The monoisotopic (exact) mass is 223 g/mol. The molecule has 16 heavy (non-hydrogen) atoms. The zero-order valence-corrected chi connectivity index (χ0v) is 8.89. The zero-order chi connectivity index (χ0) is 12.1. The second-order valence-electron chi connectivity index (χ2n) is 2.87. The standard InChI is InChI=1S/C11H11O5/c1-15-8-6-4-3-5-7(8)9(12)10(16-2)11(13)14/h3-6H,1-2H3,(H,13,14). The van der Waals surface area contributed by atoms with E-state index >= 15 is 0 Å². The number of aliphatic carboxylic acids is 1. The molecule has 1 radical (unpaired) electrons. The molecule has 0 saturated carbocycles. The average Bonchev–Trinajstić information content (AvgIpc) is 2.29. The summed E-state index contributed by atoms with van der Waals surface area (Å²) in [4.78, 5) is 22.5. The van der Waals surface area contributed by atoms with Crippen molar-refractivity contribution in [2.24, 2.45) is 0 Å². The summed E-state index contributed by atoms with van der Waals surface area (Å²) >= 11 is 0. The van der Waals surface area contributed by atoms with Crippen LogP contribution in [0.15, 0.2) is 24.3 Å². The number of carbonyl (C=O) groups excluding carboxylic acids is 1. The lowest BCUT2D eigenvalue weighted by Gasteiger charge is -2.10. The van der Waals surface area contributed by atoms with E-state index in [1.807, 2.05) is 0 Å². The van der Waals surface area contributed by atoms with E-state index in [1.165, 1.54) is 13.2 Å². The first kappa shape index (κ1) is 12.2. The van der Waals surface area contributed by atoms with Crippen LogP contribution in [0.1, 0.15) is 10.4 Å². The van der Waals surface area contributed by atoms with Gasteiger partial charge in [-0.3, -0.25) is 4.79 Å². The first-order valence-electron chi connectivity index (χ1n) is 4.43. The molecule has 0 aliphatic carbocycles. The van der Waals surface area contributed by atoms with Gasteiger partial charge in [-0.1, -0.05) is 12.1 Å². The number of para-hydroxylation sites is 1. The second-order valence-corrected chi connectivity index (χ2v) is 2.87. The van der Waals surface area contributed by atoms with Crippen LogP contribution in [-0.4, -0.2) is 31.1 Å². The maximum absolute atomic E-state index is 11.8. The summed E-state index contributed by atoms with van der Waals surface area (Å²) in [5.74, 6) is -1.81. The Balaban J connectivity index is 3.08. The molecule has 1 aromatic carbocycles. The van der Waals surface area contributed by atoms with E-state index in [1.54, 1.807) is 18.2 Å². The topological polar surface area (TPSA) is 72.8 Å². The molecule has 0 aromatic heterocycles. The van der Waals surface area contributed by atoms with Crippen molar-refractivity contribution in [3.05, 3.63) is 35.9 Å². The highest BCUT2D eigenvalue weighted by molar-refractivity contribution is 6.19. The summed E-state index contributed by atoms with van der Waals surface area (Å²) in [6, 6.07) is 6.35. The lowest BCUT2D eigenvalue weighted by molar-refractivity contribution is -0.139. The lowest BCUT2D eigenvalue weighted by atomic mass is 10.1. The molecule has 0 saturated heterocycles. The minimum absolute atomic E-state index is 0.157. The number of hydrogen-bond acceptors (Lipinski definition) is 4. The number of hydrogen-bond donors (Lipinski definition) is 1. The molecule has 5 nitrogen and oxygen atoms in total. The number of benzene rings is 1. The predicted molar refractivity (Wildman–Crippen MR) is 55.2 cm³/mol. The number of carbonyl (C=O) groups is 2. The molecule has 0 bridgehead atoms. The number of ketones is 1. The highest BCUT2D eigenvalue weighted by Crippen LogP contribution is 2.22. The van der Waals surface area contributed by atoms with Crippen molar-refractivity contribution in [2.45, 2.75) is 0 Å². The molecule has 1 N–H and O–H groups in total. The number of Topliss-reactive ketones (excluding diaryl/α,β-unsaturated/α-hetero) is 1. The Hall–Kier alpha value is -1.88. The van der Waals surface area contributed by atoms with Crippen LogP contribution in [0.25, 0.3) is 0 Å². The fourth-order valence-electron chi connectivity index (χ4n) is 1.23. The van der Waals surface area contributed by atoms with Crippen molar-refractivity contribution in [1.82, 2.24) is 0 Å². The summed E-state index contributed by atoms with van der Waals surface area (Å²) in [5.41, 5.74) is 0.157. The normalized spacial score (nSPS) is 10.2. The molecule has 85 valence electrons. The Morgan fingerprint density at radius 3 is 2.31 bits per heavy atom. The van der Waals surface area contributed by atoms with E-state index < -0.39 is 17.9 Å². The van der Waals surface area contributed by atoms with Gasteiger partial charge in [-0.2, -0.15) is 0 Å². The van der Waals surface area contributed by atoms with Crippen LogP contribution in [0.3, 0.4) is 0 Å². The fraction of sp³-hybridized carbons (Fsp3) is 0.182. The molecule has 1 aromatic rings. The van der Waals surface area contributed by atoms with Crippen LogP contribution in [0, 0.1) is 6.10 Å². The van der Waals surface area contributed by atoms with Gasteiger partial charge < -0.3 is 14.6 Å². The smallest absolute Gasteiger partial charge is 0.348 e. The molecule has 0 heterocycles. The molecule has 0 spiro atoms. The SMILES string of the molecule is CO[C](C(=O)O)C(=O)c1ccccc1OC. The first-order valence-corrected chi connectivity index (χ1v) is 4.43. The van der Waals surface area contributed by atoms with E-state index in [-0.39, 0.29) is 5.56 Å². The molecule has 0 aliphatic rings. The van der Waals surface area contributed by atoms with Crippen LogP contribution >= 0.6 is 0 Å². The summed E-state index contributed by atoms with van der Waals surface area (Å²) in [6.45, 7) is 0. The highest BCUT2D eigenvalue weighted by Gasteiger charge is 2.30. The van der Waals surface area contributed by atoms with Crippen molar-refractivity contribution >= 4 is 11.8 Å². The van der Waals surface area contributed by atoms with Gasteiger partial charge >= 0.3 is 5.97 Å². The maximum atomic E-state index is 11.8. The third kappa shape index (κ3) is 2.38. The Labute approximate surface area is 92.6 Å². The molecular weight excluding hydrogens is 212 g/mol. The Bertz CT molecular complexity index is 399. The summed E-state index contributed by atoms with van der Waals surface area (Å²) in [5, 5.41) is 8.74. The van der Waals surface area contributed by atoms with Crippen molar-refractivity contribution in [3.63, 3.8) is 0 Å². The number of rotatable bonds is 5. The Kier molecular flexibility index (Phi) is 4.02. The van der Waals surface area contributed by atoms with Gasteiger partial charge in [0.2, 0.25) is 5.78 Å². The van der Waals surface area contributed by atoms with Crippen LogP contribution in [0.4, 0.5) is 0 Å². The third-order valence-electron chi connectivity index (χ3n) is 1.96. The number of carboxylic acids is 1. The van der Waals surface area contributed by atoms with Gasteiger partial charge in [0.15, 0.2) is 0 Å². The van der Waals surface area contributed by atoms with Gasteiger partial charge in [0.1, 0.15) is 5.75 Å². The summed E-state index contributed by atoms with van der Waals surface area (Å²) in [6.07, 6.45) is -0.635. The van der Waals surface area contributed by atoms with E-state index in [2.05, 4.69) is 4.74 Å². The van der Waals surface area contributed by atoms with Crippen LogP contribution < -0.4 is 4.74 Å². The van der Waals surface area contributed by atoms with Crippen LogP contribution in [-0.2, 0) is 9.53 Å². The van der Waals surface area contributed by atoms with Gasteiger partial charge in [0.25, 0.3) is 6.10 Å². The van der Waals surface area contributed by atoms with Crippen LogP contribution in [0.5, 0.6) is 5.75 Å². The van der Waals surface area contributed by atoms with E-state index in [0.29, 0.717) is 5.75 Å². The summed E-state index contributed by atoms with van der Waals surface area (Å²) in [7, 11) is 2.54. The minimum atomic E-state index is -1.40. The lowest BCUT2D eigenvalue weighted by Crippen LogP contribution is -2.23. The average molecular weight is 223 g/mol. The zero-order valence-electron chi connectivity index (χ0n) is 8.89. The fourth-order valence-corrected chi connectivity index (χ4v) is 1.23. The van der Waals surface area contributed by atoms with Crippen LogP contribution in [0.2, 0.25) is 0 Å². The van der Waals surface area contributed by atoms with E-state index in [4.69, 9.17) is 9.84 Å². The molecule has 0 unspecified atom stereocenters. The van der Waals surface area contributed by atoms with Crippen molar-refractivity contribution in [1.29, 1.82) is 0 Å². The molecule has 1 rings (SSSR count). The van der Waals surface area contributed by atoms with E-state index in [0.717, 1.165) is 7.11 Å². The van der Waals surface area contributed by atoms with Gasteiger partial charge in [-0.05, 0) is 12.1 Å². The number of carboxylic acid groups (broad SMARTS) is 1. The molecule has 0 amide bonds. The first-order chi connectivity index (χ1) is 7.61. The van der Waals surface area contributed by atoms with Gasteiger partial charge in [0, 0.05) is 7.11 Å². The molecule has 0 fully saturated rings. The molecule has 0 aliphatic heterocycles. The molecule has 0 atom stereocenters. The van der Waals surface area contributed by atoms with Crippen molar-refractivity contribution in [2.75, 3.05) is 14.2 Å². The summed E-state index contributed by atoms with van der Waals surface area (Å²) < 4.78 is 9.50. The number of ether oxygens (including phenoxy) is 2. The Morgan fingerprint density at radius 2 is 1.81 bits per heavy atom. The third-order valence-corrected chi connectivity index (χ3v) is 1.96. The molecular formula is C11H11O5.